The Morgan fingerprint density at radius 3 is 3.12 bits per heavy atom. The lowest BCUT2D eigenvalue weighted by molar-refractivity contribution is -0.119. The number of hydrogen-bond donors (Lipinski definition) is 1. The number of carbonyl (C=O) groups is 1. The monoisotopic (exact) mass is 399 g/mol. The molecule has 1 saturated heterocycles. The molecule has 2 atom stereocenters. The van der Waals surface area contributed by atoms with Crippen LogP contribution in [0.3, 0.4) is 0 Å². The molecule has 144 valence electrons. The van der Waals surface area contributed by atoms with Crippen molar-refractivity contribution >= 4 is 29.4 Å². The molecule has 0 aliphatic carbocycles. The molecule has 3 heterocycles. The second-order valence-corrected chi connectivity index (χ2v) is 8.87. The number of amides is 1. The first kappa shape index (κ1) is 19.7. The highest BCUT2D eigenvalue weighted by atomic mass is 32.2. The molecule has 26 heavy (non-hydrogen) atoms. The molecular weight excluding hydrogens is 374 g/mol. The van der Waals surface area contributed by atoms with E-state index in [4.69, 9.17) is 9.47 Å². The summed E-state index contributed by atoms with van der Waals surface area (Å²) in [5, 5.41) is 3.85. The summed E-state index contributed by atoms with van der Waals surface area (Å²) >= 11 is 2.89. The zero-order valence-electron chi connectivity index (χ0n) is 15.2. The molecule has 1 amide bonds. The Morgan fingerprint density at radius 1 is 1.54 bits per heavy atom. The largest absolute Gasteiger partial charge is 0.383 e. The number of aromatic nitrogens is 2. The van der Waals surface area contributed by atoms with Crippen molar-refractivity contribution in [3.63, 3.8) is 0 Å². The average Bonchev–Trinajstić information content (AvgIpc) is 3.26. The van der Waals surface area contributed by atoms with Crippen LogP contribution in [0, 0.1) is 0 Å². The van der Waals surface area contributed by atoms with E-state index in [0.29, 0.717) is 30.1 Å². The first-order chi connectivity index (χ1) is 12.6. The third-order valence-electron chi connectivity index (χ3n) is 4.37. The van der Waals surface area contributed by atoms with Gasteiger partial charge in [-0.25, -0.2) is 4.98 Å². The van der Waals surface area contributed by atoms with Crippen molar-refractivity contribution in [2.75, 3.05) is 32.6 Å². The standard InChI is InChI=1S/C17H25N3O4S2/c1-11-8-13-15(26-11)16(22)20(5-7-23-2)17(19-13)25-10-14(21)18-9-12-4-3-6-24-12/h11-12H,3-10H2,1-2H3,(H,18,21)/t11-,12+/m0/s1. The summed E-state index contributed by atoms with van der Waals surface area (Å²) in [6.45, 7) is 4.28. The summed E-state index contributed by atoms with van der Waals surface area (Å²) in [6.07, 6.45) is 2.96. The zero-order chi connectivity index (χ0) is 18.5. The second-order valence-electron chi connectivity index (χ2n) is 6.48. The number of nitrogens with one attached hydrogen (secondary N) is 1. The molecule has 0 bridgehead atoms. The zero-order valence-corrected chi connectivity index (χ0v) is 16.8. The Labute approximate surface area is 161 Å². The predicted octanol–water partition coefficient (Wildman–Crippen LogP) is 1.31. The first-order valence-corrected chi connectivity index (χ1v) is 10.8. The highest BCUT2D eigenvalue weighted by Crippen LogP contribution is 2.34. The van der Waals surface area contributed by atoms with Crippen molar-refractivity contribution in [3.05, 3.63) is 16.0 Å². The Morgan fingerprint density at radius 2 is 2.38 bits per heavy atom. The van der Waals surface area contributed by atoms with E-state index in [1.54, 1.807) is 23.4 Å². The number of rotatable bonds is 8. The van der Waals surface area contributed by atoms with Gasteiger partial charge in [0.2, 0.25) is 5.91 Å². The summed E-state index contributed by atoms with van der Waals surface area (Å²) in [6, 6.07) is 0. The topological polar surface area (TPSA) is 82.4 Å². The second kappa shape index (κ2) is 9.25. The van der Waals surface area contributed by atoms with E-state index in [-0.39, 0.29) is 23.3 Å². The van der Waals surface area contributed by atoms with E-state index in [0.717, 1.165) is 36.5 Å². The molecule has 2 aliphatic heterocycles. The lowest BCUT2D eigenvalue weighted by Crippen LogP contribution is -2.33. The van der Waals surface area contributed by atoms with Crippen molar-refractivity contribution in [3.8, 4) is 0 Å². The minimum atomic E-state index is -0.0683. The lowest BCUT2D eigenvalue weighted by atomic mass is 10.2. The van der Waals surface area contributed by atoms with Gasteiger partial charge >= 0.3 is 0 Å². The minimum absolute atomic E-state index is 0.0244. The molecule has 2 aliphatic rings. The van der Waals surface area contributed by atoms with Gasteiger partial charge in [0.25, 0.3) is 5.56 Å². The summed E-state index contributed by atoms with van der Waals surface area (Å²) in [4.78, 5) is 30.3. The Balaban J connectivity index is 1.65. The normalized spacial score (nSPS) is 21.8. The van der Waals surface area contributed by atoms with E-state index in [1.807, 2.05) is 0 Å². The number of carbonyl (C=O) groups excluding carboxylic acids is 1. The molecule has 0 aromatic carbocycles. The van der Waals surface area contributed by atoms with Gasteiger partial charge in [0.1, 0.15) is 0 Å². The van der Waals surface area contributed by atoms with E-state index in [2.05, 4.69) is 17.2 Å². The van der Waals surface area contributed by atoms with Gasteiger partial charge in [-0.2, -0.15) is 0 Å². The third-order valence-corrected chi connectivity index (χ3v) is 6.56. The maximum absolute atomic E-state index is 12.8. The van der Waals surface area contributed by atoms with Crippen LogP contribution >= 0.6 is 23.5 Å². The maximum Gasteiger partial charge on any atom is 0.268 e. The van der Waals surface area contributed by atoms with Crippen LogP contribution in [0.25, 0.3) is 0 Å². The van der Waals surface area contributed by atoms with Gasteiger partial charge in [-0.15, -0.1) is 11.8 Å². The van der Waals surface area contributed by atoms with Crippen LogP contribution in [0.4, 0.5) is 0 Å². The smallest absolute Gasteiger partial charge is 0.268 e. The minimum Gasteiger partial charge on any atom is -0.383 e. The molecule has 0 saturated carbocycles. The fourth-order valence-corrected chi connectivity index (χ4v) is 5.02. The number of nitrogens with zero attached hydrogens (tertiary/aromatic N) is 2. The molecule has 9 heteroatoms. The summed E-state index contributed by atoms with van der Waals surface area (Å²) in [5.41, 5.74) is 0.826. The van der Waals surface area contributed by atoms with E-state index in [9.17, 15) is 9.59 Å². The van der Waals surface area contributed by atoms with Gasteiger partial charge < -0.3 is 14.8 Å². The van der Waals surface area contributed by atoms with E-state index < -0.39 is 0 Å². The van der Waals surface area contributed by atoms with Gasteiger partial charge in [-0.3, -0.25) is 14.2 Å². The van der Waals surface area contributed by atoms with Crippen molar-refractivity contribution < 1.29 is 14.3 Å². The Kier molecular flexibility index (Phi) is 7.02. The van der Waals surface area contributed by atoms with Crippen molar-refractivity contribution in [1.29, 1.82) is 0 Å². The van der Waals surface area contributed by atoms with Crippen LogP contribution < -0.4 is 10.9 Å². The lowest BCUT2D eigenvalue weighted by Gasteiger charge is -2.14. The van der Waals surface area contributed by atoms with Gasteiger partial charge in [0, 0.05) is 31.9 Å². The first-order valence-electron chi connectivity index (χ1n) is 8.89. The van der Waals surface area contributed by atoms with Crippen LogP contribution in [-0.4, -0.2) is 59.4 Å². The van der Waals surface area contributed by atoms with Gasteiger partial charge in [-0.1, -0.05) is 18.7 Å². The number of ether oxygens (including phenoxy) is 2. The average molecular weight is 400 g/mol. The number of thioether (sulfide) groups is 2. The molecule has 7 nitrogen and oxygen atoms in total. The van der Waals surface area contributed by atoms with E-state index in [1.165, 1.54) is 11.8 Å². The van der Waals surface area contributed by atoms with Gasteiger partial charge in [0.05, 0.1) is 35.6 Å². The van der Waals surface area contributed by atoms with Crippen LogP contribution in [0.1, 0.15) is 25.5 Å². The fraction of sp³-hybridized carbons (Fsp3) is 0.706. The molecule has 1 fully saturated rings. The Hall–Kier alpha value is -1.03. The SMILES string of the molecule is COCCn1c(SCC(=O)NC[C@H]2CCCO2)nc2c(c1=O)S[C@@H](C)C2. The summed E-state index contributed by atoms with van der Waals surface area (Å²) in [7, 11) is 1.61. The molecule has 0 unspecified atom stereocenters. The van der Waals surface area contributed by atoms with Gasteiger partial charge in [-0.05, 0) is 12.8 Å². The van der Waals surface area contributed by atoms with Crippen LogP contribution in [0.15, 0.2) is 14.8 Å². The van der Waals surface area contributed by atoms with Crippen LogP contribution in [-0.2, 0) is 27.2 Å². The van der Waals surface area contributed by atoms with Crippen molar-refractivity contribution in [1.82, 2.24) is 14.9 Å². The molecule has 1 aromatic heterocycles. The molecule has 1 aromatic rings. The quantitative estimate of drug-likeness (QED) is 0.521. The van der Waals surface area contributed by atoms with Crippen LogP contribution in [0.5, 0.6) is 0 Å². The molecular formula is C17H25N3O4S2. The summed E-state index contributed by atoms with van der Waals surface area (Å²) in [5.74, 6) is 0.162. The van der Waals surface area contributed by atoms with Crippen LogP contribution in [0.2, 0.25) is 0 Å². The number of hydrogen-bond acceptors (Lipinski definition) is 7. The molecule has 0 radical (unpaired) electrons. The van der Waals surface area contributed by atoms with Gasteiger partial charge in [0.15, 0.2) is 5.16 Å². The number of fused-ring (bicyclic) bond motifs is 1. The fourth-order valence-electron chi connectivity index (χ4n) is 3.04. The highest BCUT2D eigenvalue weighted by Gasteiger charge is 2.26. The Bertz CT molecular complexity index is 704. The molecule has 0 spiro atoms. The highest BCUT2D eigenvalue weighted by molar-refractivity contribution is 8.00. The van der Waals surface area contributed by atoms with Crippen molar-refractivity contribution in [2.24, 2.45) is 0 Å². The molecule has 1 N–H and O–H groups in total. The number of methoxy groups -OCH3 is 1. The third kappa shape index (κ3) is 4.82. The maximum atomic E-state index is 12.8. The van der Waals surface area contributed by atoms with Crippen molar-refractivity contribution in [2.45, 2.75) is 54.1 Å². The van der Waals surface area contributed by atoms with E-state index >= 15 is 0 Å². The summed E-state index contributed by atoms with van der Waals surface area (Å²) < 4.78 is 12.3. The molecule has 3 rings (SSSR count). The predicted molar refractivity (Wildman–Crippen MR) is 102 cm³/mol.